The van der Waals surface area contributed by atoms with Gasteiger partial charge in [0.25, 0.3) is 0 Å². The van der Waals surface area contributed by atoms with Crippen molar-refractivity contribution in [1.82, 2.24) is 0 Å². The van der Waals surface area contributed by atoms with Crippen LogP contribution in [0.2, 0.25) is 0 Å². The number of hydrogen-bond acceptors (Lipinski definition) is 4. The van der Waals surface area contributed by atoms with E-state index in [-0.39, 0.29) is 9.29 Å². The maximum atomic E-state index is 12.9. The van der Waals surface area contributed by atoms with E-state index in [0.717, 1.165) is 0 Å². The van der Waals surface area contributed by atoms with E-state index >= 15 is 0 Å². The molecule has 134 valence electrons. The first-order chi connectivity index (χ1) is 11.6. The molecule has 24 heavy (non-hydrogen) atoms. The van der Waals surface area contributed by atoms with Crippen molar-refractivity contribution in [2.24, 2.45) is 0 Å². The van der Waals surface area contributed by atoms with E-state index in [1.54, 1.807) is 0 Å². The number of nitrogens with zero attached hydrogens (tertiary/aromatic N) is 2. The van der Waals surface area contributed by atoms with Gasteiger partial charge in [0.05, 0.1) is 78.3 Å². The zero-order valence-corrected chi connectivity index (χ0v) is 14.4. The van der Waals surface area contributed by atoms with Crippen molar-refractivity contribution in [2.45, 2.75) is 25.7 Å². The highest BCUT2D eigenvalue weighted by Gasteiger charge is 2.18. The van der Waals surface area contributed by atoms with Crippen molar-refractivity contribution in [3.8, 4) is 23.7 Å². The number of ether oxygens (including phenoxy) is 2. The van der Waals surface area contributed by atoms with Crippen LogP contribution in [-0.2, 0) is 9.47 Å². The van der Waals surface area contributed by atoms with Crippen molar-refractivity contribution < 1.29 is 18.8 Å². The number of hydrogen-bond donors (Lipinski definition) is 0. The SMILES string of the molecule is [O-][N+]12CCC#CCC[N+]([O-])(CCC#CCC1)CCOCCOCC2. The van der Waals surface area contributed by atoms with Gasteiger partial charge in [-0.2, -0.15) is 0 Å². The van der Waals surface area contributed by atoms with Gasteiger partial charge in [-0.15, -0.1) is 0 Å². The molecule has 2 bridgehead atoms. The zero-order valence-electron chi connectivity index (χ0n) is 14.4. The van der Waals surface area contributed by atoms with Gasteiger partial charge < -0.3 is 29.2 Å². The van der Waals surface area contributed by atoms with Crippen LogP contribution in [0.4, 0.5) is 0 Å². The lowest BCUT2D eigenvalue weighted by atomic mass is 10.2. The Morgan fingerprint density at radius 3 is 1.17 bits per heavy atom. The predicted molar refractivity (Wildman–Crippen MR) is 92.1 cm³/mol. The lowest BCUT2D eigenvalue weighted by Crippen LogP contribution is -2.47. The minimum Gasteiger partial charge on any atom is -0.633 e. The summed E-state index contributed by atoms with van der Waals surface area (Å²) in [5.41, 5.74) is 0. The average Bonchev–Trinajstić information content (AvgIpc) is 2.55. The van der Waals surface area contributed by atoms with Gasteiger partial charge in [0, 0.05) is 0 Å². The maximum absolute atomic E-state index is 12.9. The second kappa shape index (κ2) is 10.0. The second-order valence-electron chi connectivity index (χ2n) is 6.39. The molecular formula is C18H28N2O4. The summed E-state index contributed by atoms with van der Waals surface area (Å²) < 4.78 is 10.4. The molecule has 3 aliphatic heterocycles. The minimum absolute atomic E-state index is 0.314. The van der Waals surface area contributed by atoms with Gasteiger partial charge in [0.15, 0.2) is 0 Å². The monoisotopic (exact) mass is 336 g/mol. The van der Waals surface area contributed by atoms with Crippen molar-refractivity contribution in [1.29, 1.82) is 0 Å². The lowest BCUT2D eigenvalue weighted by Gasteiger charge is -2.42. The lowest BCUT2D eigenvalue weighted by molar-refractivity contribution is -0.880. The minimum atomic E-state index is -0.314. The normalized spacial score (nSPS) is 33.6. The molecule has 0 radical (unpaired) electrons. The summed E-state index contributed by atoms with van der Waals surface area (Å²) in [5, 5.41) is 25.8. The Balaban J connectivity index is 2.13. The van der Waals surface area contributed by atoms with E-state index < -0.39 is 0 Å². The Morgan fingerprint density at radius 2 is 0.833 bits per heavy atom. The topological polar surface area (TPSA) is 64.6 Å². The van der Waals surface area contributed by atoms with Gasteiger partial charge in [-0.1, -0.05) is 23.7 Å². The maximum Gasteiger partial charge on any atom is 0.102 e. The standard InChI is InChI=1S/C18H28N2O4/c21-19-9-5-1-2-6-10-20(22,12-8-4-3-7-11-19)14-16-24-18-17-23-15-13-19/h5-18H2. The fourth-order valence-corrected chi connectivity index (χ4v) is 2.85. The average molecular weight is 336 g/mol. The number of fused-ring (bicyclic) bond motifs is 15. The highest BCUT2D eigenvalue weighted by atomic mass is 16.6. The van der Waals surface area contributed by atoms with Crippen LogP contribution in [0.5, 0.6) is 0 Å². The zero-order chi connectivity index (χ0) is 17.1. The fraction of sp³-hybridized carbons (Fsp3) is 0.778. The highest BCUT2D eigenvalue weighted by Crippen LogP contribution is 2.10. The first-order valence-corrected chi connectivity index (χ1v) is 8.83. The molecular weight excluding hydrogens is 308 g/mol. The van der Waals surface area contributed by atoms with Crippen molar-refractivity contribution in [2.75, 3.05) is 65.7 Å². The molecule has 6 nitrogen and oxygen atoms in total. The van der Waals surface area contributed by atoms with Crippen molar-refractivity contribution >= 4 is 0 Å². The Kier molecular flexibility index (Phi) is 8.01. The molecule has 3 rings (SSSR count). The molecule has 3 heterocycles. The predicted octanol–water partition coefficient (Wildman–Crippen LogP) is 1.24. The van der Waals surface area contributed by atoms with Gasteiger partial charge in [0.1, 0.15) is 13.1 Å². The number of rotatable bonds is 0. The van der Waals surface area contributed by atoms with Crippen LogP contribution in [0, 0.1) is 34.1 Å². The number of quaternary nitrogens is 2. The summed E-state index contributed by atoms with van der Waals surface area (Å²) in [7, 11) is 0. The van der Waals surface area contributed by atoms with Gasteiger partial charge in [-0.25, -0.2) is 0 Å². The van der Waals surface area contributed by atoms with Crippen molar-refractivity contribution in [3.63, 3.8) is 0 Å². The molecule has 0 amide bonds. The molecule has 0 saturated carbocycles. The van der Waals surface area contributed by atoms with E-state index in [4.69, 9.17) is 9.47 Å². The first kappa shape index (κ1) is 19.2. The van der Waals surface area contributed by atoms with E-state index in [9.17, 15) is 10.4 Å². The van der Waals surface area contributed by atoms with Crippen molar-refractivity contribution in [3.05, 3.63) is 10.4 Å². The van der Waals surface area contributed by atoms with E-state index in [1.165, 1.54) is 0 Å². The van der Waals surface area contributed by atoms with Gasteiger partial charge in [-0.3, -0.25) is 0 Å². The Bertz CT molecular complexity index is 431. The molecule has 3 aliphatic rings. The van der Waals surface area contributed by atoms with Gasteiger partial charge in [0.2, 0.25) is 0 Å². The van der Waals surface area contributed by atoms with Gasteiger partial charge in [-0.05, 0) is 0 Å². The van der Waals surface area contributed by atoms with Crippen LogP contribution in [0.1, 0.15) is 25.7 Å². The highest BCUT2D eigenvalue weighted by molar-refractivity contribution is 5.00. The smallest absolute Gasteiger partial charge is 0.102 e. The summed E-state index contributed by atoms with van der Waals surface area (Å²) in [6.45, 7) is 4.38. The summed E-state index contributed by atoms with van der Waals surface area (Å²) in [6.07, 6.45) is 2.22. The van der Waals surface area contributed by atoms with E-state index in [1.807, 2.05) is 0 Å². The first-order valence-electron chi connectivity index (χ1n) is 8.83. The van der Waals surface area contributed by atoms with E-state index in [2.05, 4.69) is 23.7 Å². The Hall–Kier alpha value is -1.12. The summed E-state index contributed by atoms with van der Waals surface area (Å²) in [4.78, 5) is 0. The van der Waals surface area contributed by atoms with Crippen LogP contribution >= 0.6 is 0 Å². The molecule has 6 heteroatoms. The third-order valence-electron chi connectivity index (χ3n) is 4.49. The summed E-state index contributed by atoms with van der Waals surface area (Å²) in [6, 6.07) is 0. The summed E-state index contributed by atoms with van der Waals surface area (Å²) >= 11 is 0. The van der Waals surface area contributed by atoms with Crippen LogP contribution in [0.3, 0.4) is 0 Å². The molecule has 0 aromatic rings. The van der Waals surface area contributed by atoms with Crippen LogP contribution in [0.15, 0.2) is 0 Å². The molecule has 0 aromatic carbocycles. The van der Waals surface area contributed by atoms with Gasteiger partial charge >= 0.3 is 0 Å². The Labute approximate surface area is 145 Å². The van der Waals surface area contributed by atoms with Crippen LogP contribution in [0.25, 0.3) is 0 Å². The molecule has 0 saturated heterocycles. The fourth-order valence-electron chi connectivity index (χ4n) is 2.85. The third kappa shape index (κ3) is 7.19. The Morgan fingerprint density at radius 1 is 0.500 bits per heavy atom. The number of hydroxylamine groups is 6. The third-order valence-corrected chi connectivity index (χ3v) is 4.49. The molecule has 0 atom stereocenters. The summed E-state index contributed by atoms with van der Waals surface area (Å²) in [5.74, 6) is 12.2. The largest absolute Gasteiger partial charge is 0.633 e. The molecule has 0 aromatic heterocycles. The molecule has 0 N–H and O–H groups in total. The molecule has 0 spiro atoms. The second-order valence-corrected chi connectivity index (χ2v) is 6.39. The molecule has 0 aliphatic carbocycles. The quantitative estimate of drug-likeness (QED) is 0.379. The van der Waals surface area contributed by atoms with Crippen LogP contribution in [-0.4, -0.2) is 75.0 Å². The van der Waals surface area contributed by atoms with E-state index in [0.29, 0.717) is 91.4 Å². The molecule has 0 unspecified atom stereocenters. The van der Waals surface area contributed by atoms with Crippen LogP contribution < -0.4 is 0 Å². The molecule has 0 fully saturated rings.